The predicted octanol–water partition coefficient (Wildman–Crippen LogP) is 3.00. The van der Waals surface area contributed by atoms with Crippen LogP contribution >= 0.6 is 0 Å². The predicted molar refractivity (Wildman–Crippen MR) is 74.9 cm³/mol. The third-order valence-corrected chi connectivity index (χ3v) is 3.35. The van der Waals surface area contributed by atoms with Crippen LogP contribution in [0.5, 0.6) is 0 Å². The van der Waals surface area contributed by atoms with E-state index in [1.807, 2.05) is 53.2 Å². The van der Waals surface area contributed by atoms with Crippen LogP contribution in [0.2, 0.25) is 0 Å². The molecule has 0 amide bonds. The fraction of sp³-hybridized carbons (Fsp3) is 0. The molecular formula is C16H10N2O2. The lowest BCUT2D eigenvalue weighted by Crippen LogP contribution is -1.92. The monoisotopic (exact) mass is 262 g/mol. The van der Waals surface area contributed by atoms with Crippen molar-refractivity contribution in [2.75, 3.05) is 0 Å². The second-order valence-electron chi connectivity index (χ2n) is 4.57. The van der Waals surface area contributed by atoms with Crippen LogP contribution in [0, 0.1) is 0 Å². The van der Waals surface area contributed by atoms with Gasteiger partial charge in [-0.25, -0.2) is 9.78 Å². The molecular weight excluding hydrogens is 252 g/mol. The highest BCUT2D eigenvalue weighted by atomic mass is 16.5. The van der Waals surface area contributed by atoms with Gasteiger partial charge in [0.15, 0.2) is 0 Å². The Kier molecular flexibility index (Phi) is 2.23. The van der Waals surface area contributed by atoms with Gasteiger partial charge in [-0.1, -0.05) is 18.2 Å². The first-order chi connectivity index (χ1) is 9.83. The average molecular weight is 262 g/mol. The summed E-state index contributed by atoms with van der Waals surface area (Å²) in [6.07, 6.45) is 7.41. The molecule has 0 atom stereocenters. The van der Waals surface area contributed by atoms with Crippen LogP contribution in [-0.2, 0) is 4.74 Å². The molecule has 4 rings (SSSR count). The van der Waals surface area contributed by atoms with E-state index in [0.717, 1.165) is 16.8 Å². The topological polar surface area (TPSA) is 43.6 Å². The Morgan fingerprint density at radius 2 is 1.90 bits per heavy atom. The Bertz CT molecular complexity index is 862. The molecule has 20 heavy (non-hydrogen) atoms. The Morgan fingerprint density at radius 1 is 1.05 bits per heavy atom. The first-order valence-electron chi connectivity index (χ1n) is 6.28. The Labute approximate surface area is 115 Å². The van der Waals surface area contributed by atoms with Gasteiger partial charge in [-0.2, -0.15) is 0 Å². The number of rotatable bonds is 1. The molecule has 0 saturated heterocycles. The summed E-state index contributed by atoms with van der Waals surface area (Å²) in [6, 6.07) is 11.3. The highest BCUT2D eigenvalue weighted by Gasteiger charge is 2.25. The number of hydrogen-bond donors (Lipinski definition) is 0. The molecule has 0 radical (unpaired) electrons. The Balaban J connectivity index is 1.90. The summed E-state index contributed by atoms with van der Waals surface area (Å²) in [5.41, 5.74) is 3.18. The zero-order chi connectivity index (χ0) is 13.5. The number of imidazole rings is 1. The minimum atomic E-state index is -0.304. The molecule has 0 unspecified atom stereocenters. The van der Waals surface area contributed by atoms with Crippen LogP contribution in [0.3, 0.4) is 0 Å². The molecule has 0 bridgehead atoms. The summed E-state index contributed by atoms with van der Waals surface area (Å²) in [5.74, 6) is 0.267. The van der Waals surface area contributed by atoms with Crippen LogP contribution in [0.25, 0.3) is 17.5 Å². The van der Waals surface area contributed by atoms with E-state index >= 15 is 0 Å². The molecule has 3 heterocycles. The minimum Gasteiger partial charge on any atom is -0.422 e. The van der Waals surface area contributed by atoms with Crippen LogP contribution in [0.15, 0.2) is 55.0 Å². The van der Waals surface area contributed by atoms with Crippen molar-refractivity contribution in [1.82, 2.24) is 9.38 Å². The number of nitrogens with zero attached hydrogens (tertiary/aromatic N) is 2. The number of hydrogen-bond acceptors (Lipinski definition) is 3. The van der Waals surface area contributed by atoms with E-state index in [1.54, 1.807) is 12.3 Å². The zero-order valence-corrected chi connectivity index (χ0v) is 10.5. The molecule has 4 nitrogen and oxygen atoms in total. The number of ether oxygens (including phenoxy) is 1. The maximum absolute atomic E-state index is 11.8. The number of benzene rings is 1. The molecule has 1 aliphatic rings. The third kappa shape index (κ3) is 1.55. The zero-order valence-electron chi connectivity index (χ0n) is 10.5. The molecule has 0 aliphatic carbocycles. The van der Waals surface area contributed by atoms with Gasteiger partial charge in [0.1, 0.15) is 11.4 Å². The molecule has 2 aromatic heterocycles. The van der Waals surface area contributed by atoms with Crippen molar-refractivity contribution in [2.45, 2.75) is 0 Å². The summed E-state index contributed by atoms with van der Waals surface area (Å²) >= 11 is 0. The quantitative estimate of drug-likeness (QED) is 0.633. The number of fused-ring (bicyclic) bond motifs is 2. The van der Waals surface area contributed by atoms with Gasteiger partial charge in [-0.15, -0.1) is 0 Å². The third-order valence-electron chi connectivity index (χ3n) is 3.35. The van der Waals surface area contributed by atoms with Crippen molar-refractivity contribution in [3.63, 3.8) is 0 Å². The smallest absolute Gasteiger partial charge is 0.344 e. The van der Waals surface area contributed by atoms with Crippen LogP contribution in [0.1, 0.15) is 21.5 Å². The number of carbonyl (C=O) groups is 1. The van der Waals surface area contributed by atoms with E-state index in [0.29, 0.717) is 11.3 Å². The number of carbonyl (C=O) groups excluding carboxylic acids is 1. The SMILES string of the molecule is O=C1OC(=Cc2cccn3ccnc23)c2ccccc21. The summed E-state index contributed by atoms with van der Waals surface area (Å²) < 4.78 is 7.27. The van der Waals surface area contributed by atoms with Gasteiger partial charge in [0, 0.05) is 29.7 Å². The Morgan fingerprint density at radius 3 is 2.80 bits per heavy atom. The van der Waals surface area contributed by atoms with Gasteiger partial charge in [-0.05, 0) is 24.3 Å². The molecule has 96 valence electrons. The summed E-state index contributed by atoms with van der Waals surface area (Å²) in [7, 11) is 0. The lowest BCUT2D eigenvalue weighted by atomic mass is 10.1. The number of aromatic nitrogens is 2. The average Bonchev–Trinajstić information content (AvgIpc) is 3.06. The first-order valence-corrected chi connectivity index (χ1v) is 6.28. The van der Waals surface area contributed by atoms with E-state index in [4.69, 9.17) is 4.74 Å². The van der Waals surface area contributed by atoms with Crippen molar-refractivity contribution in [3.8, 4) is 0 Å². The minimum absolute atomic E-state index is 0.304. The van der Waals surface area contributed by atoms with Gasteiger partial charge in [0.05, 0.1) is 5.56 Å². The number of cyclic esters (lactones) is 1. The second-order valence-corrected chi connectivity index (χ2v) is 4.57. The van der Waals surface area contributed by atoms with Gasteiger partial charge >= 0.3 is 5.97 Å². The van der Waals surface area contributed by atoms with Crippen molar-refractivity contribution in [1.29, 1.82) is 0 Å². The lowest BCUT2D eigenvalue weighted by Gasteiger charge is -2.01. The normalized spacial score (nSPS) is 15.6. The molecule has 0 fully saturated rings. The van der Waals surface area contributed by atoms with Crippen LogP contribution in [0.4, 0.5) is 0 Å². The molecule has 0 saturated carbocycles. The van der Waals surface area contributed by atoms with Crippen molar-refractivity contribution in [3.05, 3.63) is 71.7 Å². The Hall–Kier alpha value is -2.88. The van der Waals surface area contributed by atoms with Gasteiger partial charge in [-0.3, -0.25) is 0 Å². The largest absolute Gasteiger partial charge is 0.422 e. The van der Waals surface area contributed by atoms with E-state index in [1.165, 1.54) is 0 Å². The van der Waals surface area contributed by atoms with Gasteiger partial charge in [0.2, 0.25) is 0 Å². The molecule has 1 aliphatic heterocycles. The van der Waals surface area contributed by atoms with Crippen molar-refractivity contribution < 1.29 is 9.53 Å². The number of pyridine rings is 1. The molecule has 4 heteroatoms. The van der Waals surface area contributed by atoms with Crippen LogP contribution in [-0.4, -0.2) is 15.4 Å². The second kappa shape index (κ2) is 4.06. The molecule has 1 aromatic carbocycles. The fourth-order valence-corrected chi connectivity index (χ4v) is 2.42. The molecule has 0 spiro atoms. The summed E-state index contributed by atoms with van der Waals surface area (Å²) in [5, 5.41) is 0. The van der Waals surface area contributed by atoms with E-state index in [9.17, 15) is 4.79 Å². The summed E-state index contributed by atoms with van der Waals surface area (Å²) in [4.78, 5) is 16.1. The maximum Gasteiger partial charge on any atom is 0.344 e. The summed E-state index contributed by atoms with van der Waals surface area (Å²) in [6.45, 7) is 0. The number of esters is 1. The van der Waals surface area contributed by atoms with Crippen molar-refractivity contribution >= 4 is 23.5 Å². The van der Waals surface area contributed by atoms with Crippen molar-refractivity contribution in [2.24, 2.45) is 0 Å². The fourth-order valence-electron chi connectivity index (χ4n) is 2.42. The van der Waals surface area contributed by atoms with Gasteiger partial charge < -0.3 is 9.14 Å². The molecule has 0 N–H and O–H groups in total. The van der Waals surface area contributed by atoms with Gasteiger partial charge in [0.25, 0.3) is 0 Å². The first kappa shape index (κ1) is 11.0. The van der Waals surface area contributed by atoms with E-state index in [2.05, 4.69) is 4.98 Å². The maximum atomic E-state index is 11.8. The highest BCUT2D eigenvalue weighted by Crippen LogP contribution is 2.31. The van der Waals surface area contributed by atoms with Crippen LogP contribution < -0.4 is 0 Å². The standard InChI is InChI=1S/C16H10N2O2/c19-16-13-6-2-1-5-12(13)14(20-16)10-11-4-3-8-18-9-7-17-15(11)18/h1-10H. The highest BCUT2D eigenvalue weighted by molar-refractivity contribution is 6.06. The molecule has 3 aromatic rings. The van der Waals surface area contributed by atoms with E-state index in [-0.39, 0.29) is 5.97 Å². The van der Waals surface area contributed by atoms with E-state index < -0.39 is 0 Å². The lowest BCUT2D eigenvalue weighted by molar-refractivity contribution is 0.0717.